The minimum atomic E-state index is -4.59. The van der Waals surface area contributed by atoms with Crippen LogP contribution in [-0.2, 0) is 21.4 Å². The van der Waals surface area contributed by atoms with Crippen molar-refractivity contribution in [3.8, 4) is 22.6 Å². The molecule has 7 nitrogen and oxygen atoms in total. The van der Waals surface area contributed by atoms with E-state index in [1.165, 1.54) is 12.1 Å². The van der Waals surface area contributed by atoms with Gasteiger partial charge in [-0.05, 0) is 74.4 Å². The van der Waals surface area contributed by atoms with Crippen molar-refractivity contribution < 1.29 is 41.0 Å². The fourth-order valence-electron chi connectivity index (χ4n) is 5.16. The lowest BCUT2D eigenvalue weighted by Gasteiger charge is -2.25. The summed E-state index contributed by atoms with van der Waals surface area (Å²) in [4.78, 5) is 17.3. The van der Waals surface area contributed by atoms with Crippen molar-refractivity contribution in [1.82, 2.24) is 4.98 Å². The third kappa shape index (κ3) is 7.03. The van der Waals surface area contributed by atoms with Crippen molar-refractivity contribution in [2.24, 2.45) is 5.92 Å². The number of Topliss-reactive ketones (excluding diaryl/α,β-unsaturated/α-hetero) is 1. The van der Waals surface area contributed by atoms with Crippen molar-refractivity contribution >= 4 is 22.4 Å². The van der Waals surface area contributed by atoms with Crippen LogP contribution >= 0.6 is 0 Å². The number of benzene rings is 2. The number of nitrogens with one attached hydrogen (secondary N) is 1. The summed E-state index contributed by atoms with van der Waals surface area (Å²) in [6, 6.07) is 10.9. The molecule has 1 aliphatic heterocycles. The van der Waals surface area contributed by atoms with E-state index in [2.05, 4.69) is 4.98 Å². The van der Waals surface area contributed by atoms with Gasteiger partial charge in [0, 0.05) is 48.4 Å². The highest BCUT2D eigenvalue weighted by molar-refractivity contribution is 6.45. The zero-order chi connectivity index (χ0) is 32.4. The number of alkyl halides is 3. The molecule has 45 heavy (non-hydrogen) atoms. The SMILES string of the molecule is COc1cc2cc(-c3ccc(CC(=O)C(=N)c4coc(C(C)(C)C(F)(F)F)c4)c(F)c3)cnc2cc1OCCC1CCOCC1. The zero-order valence-electron chi connectivity index (χ0n) is 25.2. The highest BCUT2D eigenvalue weighted by atomic mass is 19.4. The molecule has 0 saturated carbocycles. The molecule has 3 heterocycles. The smallest absolute Gasteiger partial charge is 0.400 e. The fraction of sp³-hybridized carbons (Fsp3) is 0.382. The van der Waals surface area contributed by atoms with Gasteiger partial charge in [-0.2, -0.15) is 13.2 Å². The van der Waals surface area contributed by atoms with Crippen LogP contribution in [0.5, 0.6) is 11.5 Å². The number of nitrogens with zero attached hydrogens (tertiary/aromatic N) is 1. The Labute approximate surface area is 258 Å². The van der Waals surface area contributed by atoms with Crippen LogP contribution in [0.1, 0.15) is 50.0 Å². The zero-order valence-corrected chi connectivity index (χ0v) is 25.2. The van der Waals surface area contributed by atoms with Crippen molar-refractivity contribution in [3.05, 3.63) is 77.6 Å². The lowest BCUT2D eigenvalue weighted by Crippen LogP contribution is -2.35. The van der Waals surface area contributed by atoms with Crippen LogP contribution in [0.3, 0.4) is 0 Å². The number of hydrogen-bond acceptors (Lipinski definition) is 7. The number of fused-ring (bicyclic) bond motifs is 1. The lowest BCUT2D eigenvalue weighted by molar-refractivity contribution is -0.184. The number of hydrogen-bond donors (Lipinski definition) is 1. The predicted octanol–water partition coefficient (Wildman–Crippen LogP) is 7.86. The van der Waals surface area contributed by atoms with Crippen LogP contribution in [-0.4, -0.2) is 49.6 Å². The number of rotatable bonds is 11. The van der Waals surface area contributed by atoms with Crippen LogP contribution in [0.2, 0.25) is 0 Å². The normalized spacial score (nSPS) is 14.5. The van der Waals surface area contributed by atoms with Gasteiger partial charge in [0.1, 0.15) is 29.0 Å². The topological polar surface area (TPSA) is 94.6 Å². The summed E-state index contributed by atoms with van der Waals surface area (Å²) >= 11 is 0. The largest absolute Gasteiger partial charge is 0.493 e. The van der Waals surface area contributed by atoms with Crippen molar-refractivity contribution in [3.63, 3.8) is 0 Å². The molecule has 1 saturated heterocycles. The molecule has 5 rings (SSSR count). The number of carbonyl (C=O) groups excluding carboxylic acids is 1. The number of pyridine rings is 1. The lowest BCUT2D eigenvalue weighted by atomic mass is 9.89. The Balaban J connectivity index is 1.27. The summed E-state index contributed by atoms with van der Waals surface area (Å²) in [5, 5.41) is 8.94. The molecule has 0 radical (unpaired) electrons. The number of ether oxygens (including phenoxy) is 3. The Kier molecular flexibility index (Phi) is 9.29. The van der Waals surface area contributed by atoms with Crippen molar-refractivity contribution in [2.45, 2.75) is 51.1 Å². The fourth-order valence-corrected chi connectivity index (χ4v) is 5.16. The van der Waals surface area contributed by atoms with Crippen LogP contribution < -0.4 is 9.47 Å². The number of aromatic nitrogens is 1. The first-order valence-corrected chi connectivity index (χ1v) is 14.6. The quantitative estimate of drug-likeness (QED) is 0.135. The van der Waals surface area contributed by atoms with E-state index in [1.807, 2.05) is 18.2 Å². The molecular formula is C34H34F4N2O5. The van der Waals surface area contributed by atoms with E-state index in [0.29, 0.717) is 40.7 Å². The summed E-state index contributed by atoms with van der Waals surface area (Å²) in [6.07, 6.45) is 0.510. The molecule has 0 aliphatic carbocycles. The number of halogens is 4. The number of furan rings is 1. The van der Waals surface area contributed by atoms with Gasteiger partial charge in [-0.1, -0.05) is 12.1 Å². The molecule has 0 unspecified atom stereocenters. The van der Waals surface area contributed by atoms with Gasteiger partial charge in [-0.15, -0.1) is 0 Å². The second-order valence-corrected chi connectivity index (χ2v) is 11.7. The predicted molar refractivity (Wildman–Crippen MR) is 161 cm³/mol. The van der Waals surface area contributed by atoms with Gasteiger partial charge >= 0.3 is 6.18 Å². The van der Waals surface area contributed by atoms with E-state index in [-0.39, 0.29) is 11.1 Å². The summed E-state index contributed by atoms with van der Waals surface area (Å²) in [7, 11) is 1.56. The molecule has 0 bridgehead atoms. The van der Waals surface area contributed by atoms with Gasteiger partial charge < -0.3 is 18.6 Å². The average Bonchev–Trinajstić information content (AvgIpc) is 3.52. The highest BCUT2D eigenvalue weighted by Gasteiger charge is 2.50. The summed E-state index contributed by atoms with van der Waals surface area (Å²) in [5.41, 5.74) is -1.08. The van der Waals surface area contributed by atoms with Crippen molar-refractivity contribution in [1.29, 1.82) is 5.41 Å². The monoisotopic (exact) mass is 626 g/mol. The summed E-state index contributed by atoms with van der Waals surface area (Å²) < 4.78 is 77.3. The maximum absolute atomic E-state index is 15.2. The van der Waals surface area contributed by atoms with Crippen LogP contribution in [0.25, 0.3) is 22.0 Å². The Morgan fingerprint density at radius 2 is 1.80 bits per heavy atom. The molecule has 0 amide bonds. The third-order valence-electron chi connectivity index (χ3n) is 8.32. The first kappa shape index (κ1) is 32.2. The number of methoxy groups -OCH3 is 1. The first-order chi connectivity index (χ1) is 21.4. The van der Waals surface area contributed by atoms with Gasteiger partial charge in [0.05, 0.1) is 19.2 Å². The third-order valence-corrected chi connectivity index (χ3v) is 8.32. The molecule has 1 N–H and O–H groups in total. The molecule has 0 atom stereocenters. The number of carbonyl (C=O) groups is 1. The van der Waals surface area contributed by atoms with E-state index in [1.54, 1.807) is 19.4 Å². The minimum Gasteiger partial charge on any atom is -0.493 e. The number of ketones is 1. The maximum Gasteiger partial charge on any atom is 0.400 e. The maximum atomic E-state index is 15.2. The van der Waals surface area contributed by atoms with Gasteiger partial charge in [0.25, 0.3) is 0 Å². The molecular weight excluding hydrogens is 592 g/mol. The molecule has 238 valence electrons. The minimum absolute atomic E-state index is 0.0470. The second-order valence-electron chi connectivity index (χ2n) is 11.7. The standard InChI is InChI=1S/C34H34F4N2O5/c1-33(2,34(36,37)38)31-16-25(19-45-31)32(39)28(41)14-22-5-4-21(13-26(22)35)24-12-23-15-29(42-3)30(17-27(23)40-18-24)44-11-8-20-6-9-43-10-7-20/h4-5,12-13,15-20,39H,6-11,14H2,1-3H3. The van der Waals surface area contributed by atoms with Gasteiger partial charge in [-0.3, -0.25) is 15.2 Å². The molecule has 0 spiro atoms. The second kappa shape index (κ2) is 13.0. The van der Waals surface area contributed by atoms with E-state index in [4.69, 9.17) is 24.0 Å². The van der Waals surface area contributed by atoms with Crippen LogP contribution in [0, 0.1) is 17.1 Å². The van der Waals surface area contributed by atoms with E-state index < -0.39 is 41.1 Å². The van der Waals surface area contributed by atoms with Gasteiger partial charge in [0.15, 0.2) is 17.3 Å². The Bertz CT molecular complexity index is 1710. The molecule has 4 aromatic rings. The van der Waals surface area contributed by atoms with E-state index in [9.17, 15) is 18.0 Å². The van der Waals surface area contributed by atoms with E-state index >= 15 is 4.39 Å². The Hall–Kier alpha value is -4.25. The summed E-state index contributed by atoms with van der Waals surface area (Å²) in [5.74, 6) is -0.114. The van der Waals surface area contributed by atoms with E-state index in [0.717, 1.165) is 64.0 Å². The van der Waals surface area contributed by atoms with Gasteiger partial charge in [0.2, 0.25) is 0 Å². The van der Waals surface area contributed by atoms with Crippen molar-refractivity contribution in [2.75, 3.05) is 26.9 Å². The van der Waals surface area contributed by atoms with Gasteiger partial charge in [-0.25, -0.2) is 4.39 Å². The summed E-state index contributed by atoms with van der Waals surface area (Å²) in [6.45, 7) is 4.02. The molecule has 11 heteroatoms. The average molecular weight is 627 g/mol. The van der Waals surface area contributed by atoms with Crippen LogP contribution in [0.4, 0.5) is 17.6 Å². The molecule has 1 aliphatic rings. The Morgan fingerprint density at radius 3 is 2.49 bits per heavy atom. The van der Waals surface area contributed by atoms with Crippen LogP contribution in [0.15, 0.2) is 59.3 Å². The highest BCUT2D eigenvalue weighted by Crippen LogP contribution is 2.41. The Morgan fingerprint density at radius 1 is 1.04 bits per heavy atom. The molecule has 2 aromatic carbocycles. The first-order valence-electron chi connectivity index (χ1n) is 14.6. The molecule has 1 fully saturated rings. The molecule has 2 aromatic heterocycles.